The average Bonchev–Trinajstić information content (AvgIpc) is 2.87. The van der Waals surface area contributed by atoms with Gasteiger partial charge in [0.15, 0.2) is 5.82 Å². The molecule has 2 heterocycles. The maximum absolute atomic E-state index is 4.92. The highest BCUT2D eigenvalue weighted by Gasteiger charge is 2.22. The molecular weight excluding hydrogens is 204 g/mol. The van der Waals surface area contributed by atoms with E-state index in [-0.39, 0.29) is 0 Å². The van der Waals surface area contributed by atoms with Crippen LogP contribution in [0, 0.1) is 6.92 Å². The molecule has 1 atom stereocenters. The molecule has 0 bridgehead atoms. The first kappa shape index (κ1) is 11.5. The highest BCUT2D eigenvalue weighted by Crippen LogP contribution is 2.15. The van der Waals surface area contributed by atoms with Crippen LogP contribution < -0.4 is 5.32 Å². The van der Waals surface area contributed by atoms with Gasteiger partial charge in [-0.3, -0.25) is 4.90 Å². The van der Waals surface area contributed by atoms with Crippen LogP contribution in [-0.2, 0) is 6.54 Å². The van der Waals surface area contributed by atoms with Crippen LogP contribution in [0.2, 0.25) is 0 Å². The fraction of sp³-hybridized carbons (Fsp3) is 0.818. The van der Waals surface area contributed by atoms with Gasteiger partial charge in [0.25, 0.3) is 0 Å². The quantitative estimate of drug-likeness (QED) is 0.807. The van der Waals surface area contributed by atoms with Gasteiger partial charge in [0.05, 0.1) is 6.54 Å². The lowest BCUT2D eigenvalue weighted by atomic mass is 10.2. The summed E-state index contributed by atoms with van der Waals surface area (Å²) in [7, 11) is 0. The first-order valence-corrected chi connectivity index (χ1v) is 6.03. The molecule has 1 N–H and O–H groups in total. The normalized spacial score (nSPS) is 21.8. The number of nitrogens with one attached hydrogen (secondary N) is 1. The van der Waals surface area contributed by atoms with Crippen LogP contribution in [0.15, 0.2) is 4.52 Å². The molecule has 0 amide bonds. The molecule has 1 aliphatic heterocycles. The zero-order valence-electron chi connectivity index (χ0n) is 10.1. The van der Waals surface area contributed by atoms with Crippen molar-refractivity contribution >= 4 is 0 Å². The average molecular weight is 224 g/mol. The van der Waals surface area contributed by atoms with Crippen LogP contribution in [0.25, 0.3) is 0 Å². The lowest BCUT2D eigenvalue weighted by Gasteiger charge is -2.22. The SMILES string of the molecule is CCN1CCCC1CNCc1noc(C)n1. The summed E-state index contributed by atoms with van der Waals surface area (Å²) in [6.45, 7) is 8.14. The Bertz CT molecular complexity index is 326. The fourth-order valence-corrected chi connectivity index (χ4v) is 2.31. The summed E-state index contributed by atoms with van der Waals surface area (Å²) in [6, 6.07) is 0.679. The van der Waals surface area contributed by atoms with E-state index in [1.54, 1.807) is 0 Å². The van der Waals surface area contributed by atoms with Gasteiger partial charge < -0.3 is 9.84 Å². The monoisotopic (exact) mass is 224 g/mol. The molecular formula is C11H20N4O. The smallest absolute Gasteiger partial charge is 0.223 e. The van der Waals surface area contributed by atoms with Gasteiger partial charge in [0.1, 0.15) is 0 Å². The molecule has 1 saturated heterocycles. The Morgan fingerprint density at radius 1 is 1.56 bits per heavy atom. The molecule has 1 aliphatic rings. The number of likely N-dealkylation sites (N-methyl/N-ethyl adjacent to an activating group) is 1. The topological polar surface area (TPSA) is 54.2 Å². The summed E-state index contributed by atoms with van der Waals surface area (Å²) in [6.07, 6.45) is 2.62. The standard InChI is InChI=1S/C11H20N4O/c1-3-15-6-4-5-10(15)7-12-8-11-13-9(2)16-14-11/h10,12H,3-8H2,1-2H3. The summed E-state index contributed by atoms with van der Waals surface area (Å²) in [5.41, 5.74) is 0. The lowest BCUT2D eigenvalue weighted by Crippen LogP contribution is -2.37. The number of nitrogens with zero attached hydrogens (tertiary/aromatic N) is 3. The highest BCUT2D eigenvalue weighted by atomic mass is 16.5. The van der Waals surface area contributed by atoms with Gasteiger partial charge in [-0.2, -0.15) is 4.98 Å². The Hall–Kier alpha value is -0.940. The Labute approximate surface area is 96.2 Å². The van der Waals surface area contributed by atoms with Crippen molar-refractivity contribution in [3.05, 3.63) is 11.7 Å². The molecule has 0 spiro atoms. The van der Waals surface area contributed by atoms with Crippen LogP contribution in [0.4, 0.5) is 0 Å². The predicted octanol–water partition coefficient (Wildman–Crippen LogP) is 0.952. The Kier molecular flexibility index (Phi) is 3.90. The van der Waals surface area contributed by atoms with Crippen LogP contribution in [0.1, 0.15) is 31.5 Å². The first-order valence-electron chi connectivity index (χ1n) is 6.03. The van der Waals surface area contributed by atoms with E-state index in [1.165, 1.54) is 19.4 Å². The van der Waals surface area contributed by atoms with Gasteiger partial charge in [0, 0.05) is 19.5 Å². The molecule has 5 nitrogen and oxygen atoms in total. The maximum atomic E-state index is 4.92. The van der Waals surface area contributed by atoms with Crippen molar-refractivity contribution in [2.24, 2.45) is 0 Å². The van der Waals surface area contributed by atoms with E-state index < -0.39 is 0 Å². The third kappa shape index (κ3) is 2.80. The molecule has 1 aromatic heterocycles. The van der Waals surface area contributed by atoms with Gasteiger partial charge in [-0.15, -0.1) is 0 Å². The molecule has 1 fully saturated rings. The van der Waals surface area contributed by atoms with Gasteiger partial charge in [0.2, 0.25) is 5.89 Å². The van der Waals surface area contributed by atoms with Crippen LogP contribution >= 0.6 is 0 Å². The summed E-state index contributed by atoms with van der Waals surface area (Å²) in [4.78, 5) is 6.68. The number of likely N-dealkylation sites (tertiary alicyclic amines) is 1. The molecule has 0 radical (unpaired) electrons. The van der Waals surface area contributed by atoms with E-state index >= 15 is 0 Å². The van der Waals surface area contributed by atoms with Gasteiger partial charge in [-0.1, -0.05) is 12.1 Å². The van der Waals surface area contributed by atoms with Crippen molar-refractivity contribution in [1.29, 1.82) is 0 Å². The van der Waals surface area contributed by atoms with Crippen molar-refractivity contribution in [3.63, 3.8) is 0 Å². The molecule has 16 heavy (non-hydrogen) atoms. The first-order chi connectivity index (χ1) is 7.79. The molecule has 0 aliphatic carbocycles. The second-order valence-electron chi connectivity index (χ2n) is 4.29. The highest BCUT2D eigenvalue weighted by molar-refractivity contribution is 4.85. The Balaban J connectivity index is 1.71. The molecule has 90 valence electrons. The van der Waals surface area contributed by atoms with E-state index in [0.29, 0.717) is 18.5 Å². The minimum absolute atomic E-state index is 0.632. The number of rotatable bonds is 5. The third-order valence-electron chi connectivity index (χ3n) is 3.14. The number of hydrogen-bond acceptors (Lipinski definition) is 5. The van der Waals surface area contributed by atoms with Crippen molar-refractivity contribution in [2.45, 2.75) is 39.3 Å². The second-order valence-corrected chi connectivity index (χ2v) is 4.29. The zero-order chi connectivity index (χ0) is 11.4. The zero-order valence-corrected chi connectivity index (χ0v) is 10.1. The van der Waals surface area contributed by atoms with Crippen LogP contribution in [0.3, 0.4) is 0 Å². The second kappa shape index (κ2) is 5.41. The van der Waals surface area contributed by atoms with Crippen LogP contribution in [-0.4, -0.2) is 40.7 Å². The summed E-state index contributed by atoms with van der Waals surface area (Å²) < 4.78 is 4.92. The van der Waals surface area contributed by atoms with E-state index in [0.717, 1.165) is 18.9 Å². The van der Waals surface area contributed by atoms with E-state index in [2.05, 4.69) is 27.3 Å². The molecule has 0 aromatic carbocycles. The molecule has 1 unspecified atom stereocenters. The maximum Gasteiger partial charge on any atom is 0.223 e. The molecule has 2 rings (SSSR count). The molecule has 1 aromatic rings. The Morgan fingerprint density at radius 3 is 3.12 bits per heavy atom. The van der Waals surface area contributed by atoms with Gasteiger partial charge >= 0.3 is 0 Å². The fourth-order valence-electron chi connectivity index (χ4n) is 2.31. The summed E-state index contributed by atoms with van der Waals surface area (Å²) in [5.74, 6) is 1.38. The number of hydrogen-bond donors (Lipinski definition) is 1. The van der Waals surface area contributed by atoms with E-state index in [1.807, 2.05) is 6.92 Å². The van der Waals surface area contributed by atoms with Gasteiger partial charge in [-0.25, -0.2) is 0 Å². The largest absolute Gasteiger partial charge is 0.340 e. The van der Waals surface area contributed by atoms with Crippen molar-refractivity contribution < 1.29 is 4.52 Å². The summed E-state index contributed by atoms with van der Waals surface area (Å²) in [5, 5.41) is 7.25. The van der Waals surface area contributed by atoms with Crippen molar-refractivity contribution in [1.82, 2.24) is 20.4 Å². The van der Waals surface area contributed by atoms with E-state index in [9.17, 15) is 0 Å². The minimum atomic E-state index is 0.632. The summed E-state index contributed by atoms with van der Waals surface area (Å²) >= 11 is 0. The van der Waals surface area contributed by atoms with Crippen molar-refractivity contribution in [2.75, 3.05) is 19.6 Å². The third-order valence-corrected chi connectivity index (χ3v) is 3.14. The molecule has 0 saturated carbocycles. The molecule has 5 heteroatoms. The van der Waals surface area contributed by atoms with Gasteiger partial charge in [-0.05, 0) is 25.9 Å². The number of aryl methyl sites for hydroxylation is 1. The number of aromatic nitrogens is 2. The minimum Gasteiger partial charge on any atom is -0.340 e. The van der Waals surface area contributed by atoms with E-state index in [4.69, 9.17) is 4.52 Å². The van der Waals surface area contributed by atoms with Crippen molar-refractivity contribution in [3.8, 4) is 0 Å². The predicted molar refractivity (Wildman–Crippen MR) is 61.0 cm³/mol. The Morgan fingerprint density at radius 2 is 2.44 bits per heavy atom. The lowest BCUT2D eigenvalue weighted by molar-refractivity contribution is 0.259. The van der Waals surface area contributed by atoms with Crippen LogP contribution in [0.5, 0.6) is 0 Å².